The van der Waals surface area contributed by atoms with Gasteiger partial charge in [0.25, 0.3) is 0 Å². The molecule has 4 nitrogen and oxygen atoms in total. The fraction of sp³-hybridized carbons (Fsp3) is 0.211. The van der Waals surface area contributed by atoms with Gasteiger partial charge >= 0.3 is 0 Å². The SMILES string of the molecule is Nc1c2c(nc3ccccc13)N(CCc1ccccc1)CC2.O. The molecular weight excluding hydrogens is 286 g/mol. The normalized spacial score (nSPS) is 13.0. The number of hydrogen-bond acceptors (Lipinski definition) is 3. The lowest BCUT2D eigenvalue weighted by Crippen LogP contribution is -2.24. The molecule has 0 atom stereocenters. The van der Waals surface area contributed by atoms with Crippen molar-refractivity contribution in [1.29, 1.82) is 0 Å². The van der Waals surface area contributed by atoms with Gasteiger partial charge in [0.15, 0.2) is 0 Å². The predicted octanol–water partition coefficient (Wildman–Crippen LogP) is 2.60. The Hall–Kier alpha value is -2.59. The lowest BCUT2D eigenvalue weighted by atomic mass is 10.1. The quantitative estimate of drug-likeness (QED) is 0.808. The van der Waals surface area contributed by atoms with Crippen LogP contribution in [0.25, 0.3) is 10.9 Å². The number of nitrogens with two attached hydrogens (primary N) is 1. The van der Waals surface area contributed by atoms with Crippen LogP contribution in [-0.4, -0.2) is 23.5 Å². The average molecular weight is 307 g/mol. The van der Waals surface area contributed by atoms with Gasteiger partial charge in [-0.25, -0.2) is 4.98 Å². The third-order valence-electron chi connectivity index (χ3n) is 4.46. The van der Waals surface area contributed by atoms with Crippen LogP contribution in [-0.2, 0) is 12.8 Å². The number of fused-ring (bicyclic) bond motifs is 2. The number of rotatable bonds is 3. The molecule has 2 heterocycles. The molecule has 0 aliphatic carbocycles. The van der Waals surface area contributed by atoms with Gasteiger partial charge in [0.1, 0.15) is 5.82 Å². The van der Waals surface area contributed by atoms with Crippen molar-refractivity contribution in [2.45, 2.75) is 12.8 Å². The second-order valence-corrected chi connectivity index (χ2v) is 5.82. The molecule has 23 heavy (non-hydrogen) atoms. The molecular formula is C19H21N3O. The molecule has 0 saturated heterocycles. The predicted molar refractivity (Wildman–Crippen MR) is 95.8 cm³/mol. The van der Waals surface area contributed by atoms with Crippen molar-refractivity contribution < 1.29 is 5.48 Å². The molecule has 3 aromatic rings. The van der Waals surface area contributed by atoms with E-state index in [1.165, 1.54) is 11.1 Å². The number of pyridine rings is 1. The van der Waals surface area contributed by atoms with E-state index in [-0.39, 0.29) is 5.48 Å². The average Bonchev–Trinajstić information content (AvgIpc) is 2.97. The van der Waals surface area contributed by atoms with Crippen LogP contribution >= 0.6 is 0 Å². The van der Waals surface area contributed by atoms with Crippen molar-refractivity contribution in [1.82, 2.24) is 4.98 Å². The van der Waals surface area contributed by atoms with Crippen LogP contribution in [0.5, 0.6) is 0 Å². The molecule has 118 valence electrons. The number of anilines is 2. The first-order chi connectivity index (χ1) is 10.8. The minimum atomic E-state index is 0. The summed E-state index contributed by atoms with van der Waals surface area (Å²) in [7, 11) is 0. The van der Waals surface area contributed by atoms with Crippen LogP contribution in [0.2, 0.25) is 0 Å². The van der Waals surface area contributed by atoms with Gasteiger partial charge in [0.05, 0.1) is 5.52 Å². The molecule has 0 radical (unpaired) electrons. The highest BCUT2D eigenvalue weighted by Crippen LogP contribution is 2.35. The Morgan fingerprint density at radius 1 is 1.00 bits per heavy atom. The molecule has 0 saturated carbocycles. The molecule has 0 bridgehead atoms. The number of para-hydroxylation sites is 1. The van der Waals surface area contributed by atoms with Crippen LogP contribution in [0.4, 0.5) is 11.5 Å². The fourth-order valence-corrected chi connectivity index (χ4v) is 3.25. The van der Waals surface area contributed by atoms with Gasteiger partial charge in [-0.05, 0) is 24.5 Å². The van der Waals surface area contributed by atoms with E-state index in [4.69, 9.17) is 10.7 Å². The summed E-state index contributed by atoms with van der Waals surface area (Å²) in [4.78, 5) is 7.22. The Labute approximate surface area is 135 Å². The van der Waals surface area contributed by atoms with Crippen molar-refractivity contribution in [2.24, 2.45) is 0 Å². The Kier molecular flexibility index (Phi) is 4.17. The minimum absolute atomic E-state index is 0. The van der Waals surface area contributed by atoms with Crippen molar-refractivity contribution >= 4 is 22.4 Å². The van der Waals surface area contributed by atoms with Crippen molar-refractivity contribution in [3.05, 3.63) is 65.7 Å². The Balaban J connectivity index is 0.00000156. The molecule has 1 aliphatic rings. The molecule has 1 aromatic heterocycles. The number of nitrogens with zero attached hydrogens (tertiary/aromatic N) is 2. The van der Waals surface area contributed by atoms with Crippen LogP contribution in [0.15, 0.2) is 54.6 Å². The maximum absolute atomic E-state index is 6.37. The first-order valence-electron chi connectivity index (χ1n) is 7.79. The number of aromatic nitrogens is 1. The molecule has 2 aromatic carbocycles. The summed E-state index contributed by atoms with van der Waals surface area (Å²) in [6.07, 6.45) is 2.03. The third-order valence-corrected chi connectivity index (χ3v) is 4.46. The van der Waals surface area contributed by atoms with Crippen LogP contribution in [0.1, 0.15) is 11.1 Å². The van der Waals surface area contributed by atoms with Gasteiger partial charge in [-0.3, -0.25) is 0 Å². The molecule has 0 spiro atoms. The van der Waals surface area contributed by atoms with E-state index in [1.807, 2.05) is 18.2 Å². The summed E-state index contributed by atoms with van der Waals surface area (Å²) in [5, 5.41) is 1.08. The maximum Gasteiger partial charge on any atom is 0.134 e. The summed E-state index contributed by atoms with van der Waals surface area (Å²) in [6, 6.07) is 18.7. The van der Waals surface area contributed by atoms with Crippen LogP contribution in [0, 0.1) is 0 Å². The highest BCUT2D eigenvalue weighted by atomic mass is 16.0. The maximum atomic E-state index is 6.37. The van der Waals surface area contributed by atoms with Crippen molar-refractivity contribution in [3.8, 4) is 0 Å². The van der Waals surface area contributed by atoms with E-state index in [1.54, 1.807) is 0 Å². The summed E-state index contributed by atoms with van der Waals surface area (Å²) >= 11 is 0. The zero-order chi connectivity index (χ0) is 14.9. The summed E-state index contributed by atoms with van der Waals surface area (Å²) in [6.45, 7) is 2.00. The van der Waals surface area contributed by atoms with Gasteiger partial charge in [0.2, 0.25) is 0 Å². The van der Waals surface area contributed by atoms with E-state index < -0.39 is 0 Å². The smallest absolute Gasteiger partial charge is 0.134 e. The third kappa shape index (κ3) is 2.73. The fourth-order valence-electron chi connectivity index (χ4n) is 3.25. The first kappa shape index (κ1) is 15.3. The monoisotopic (exact) mass is 307 g/mol. The van der Waals surface area contributed by atoms with Crippen LogP contribution < -0.4 is 10.6 Å². The van der Waals surface area contributed by atoms with E-state index in [0.717, 1.165) is 48.3 Å². The minimum Gasteiger partial charge on any atom is -0.412 e. The van der Waals surface area contributed by atoms with Crippen molar-refractivity contribution in [2.75, 3.05) is 23.7 Å². The second kappa shape index (κ2) is 6.26. The molecule has 0 fully saturated rings. The van der Waals surface area contributed by atoms with Gasteiger partial charge in [0, 0.05) is 29.7 Å². The Morgan fingerprint density at radius 3 is 2.57 bits per heavy atom. The lowest BCUT2D eigenvalue weighted by molar-refractivity contribution is 0.806. The number of benzene rings is 2. The zero-order valence-electron chi connectivity index (χ0n) is 13.0. The Bertz CT molecular complexity index is 817. The van der Waals surface area contributed by atoms with Crippen molar-refractivity contribution in [3.63, 3.8) is 0 Å². The van der Waals surface area contributed by atoms with Crippen LogP contribution in [0.3, 0.4) is 0 Å². The van der Waals surface area contributed by atoms with E-state index >= 15 is 0 Å². The molecule has 4 heteroatoms. The van der Waals surface area contributed by atoms with Gasteiger partial charge in [-0.2, -0.15) is 0 Å². The standard InChI is InChI=1S/C19H19N3.H2O/c20-18-15-8-4-5-9-17(15)21-19-16(18)11-13-22(19)12-10-14-6-2-1-3-7-14;/h1-9H,10-13H2,(H2,20,21);1H2. The highest BCUT2D eigenvalue weighted by molar-refractivity contribution is 5.95. The molecule has 4 N–H and O–H groups in total. The highest BCUT2D eigenvalue weighted by Gasteiger charge is 2.24. The van der Waals surface area contributed by atoms with Gasteiger partial charge < -0.3 is 16.1 Å². The summed E-state index contributed by atoms with van der Waals surface area (Å²) in [5.41, 5.74) is 10.8. The van der Waals surface area contributed by atoms with E-state index in [0.29, 0.717) is 0 Å². The molecule has 4 rings (SSSR count). The zero-order valence-corrected chi connectivity index (χ0v) is 13.0. The summed E-state index contributed by atoms with van der Waals surface area (Å²) < 4.78 is 0. The largest absolute Gasteiger partial charge is 0.412 e. The van der Waals surface area contributed by atoms with Gasteiger partial charge in [-0.15, -0.1) is 0 Å². The number of nitrogen functional groups attached to an aromatic ring is 1. The van der Waals surface area contributed by atoms with E-state index in [2.05, 4.69) is 41.3 Å². The van der Waals surface area contributed by atoms with Gasteiger partial charge in [-0.1, -0.05) is 48.5 Å². The van der Waals surface area contributed by atoms with E-state index in [9.17, 15) is 0 Å². The molecule has 1 aliphatic heterocycles. The Morgan fingerprint density at radius 2 is 1.74 bits per heavy atom. The molecule has 0 unspecified atom stereocenters. The lowest BCUT2D eigenvalue weighted by Gasteiger charge is -2.19. The topological polar surface area (TPSA) is 73.7 Å². The summed E-state index contributed by atoms with van der Waals surface area (Å²) in [5.74, 6) is 1.08. The number of hydrogen-bond donors (Lipinski definition) is 1. The second-order valence-electron chi connectivity index (χ2n) is 5.82. The molecule has 0 amide bonds. The first-order valence-corrected chi connectivity index (χ1v) is 7.79.